The Morgan fingerprint density at radius 1 is 0.442 bits per heavy atom. The molecule has 0 heterocycles. The first-order valence-electron chi connectivity index (χ1n) is 20.2. The fourth-order valence-electron chi connectivity index (χ4n) is 13.3. The van der Waals surface area contributed by atoms with Crippen LogP contribution in [0.25, 0.3) is 33.4 Å². The summed E-state index contributed by atoms with van der Waals surface area (Å²) in [6.07, 6.45) is 12.2. The SMILES string of the molecule is c1ccc(-c2ccc(N(c3ccc4c(c3)C3(CCCC3)c3ccccc3-4)c3cccc4c3-c3ccccc3C43C4CC5CC(C4)CC3C5)cc2)cc1. The highest BCUT2D eigenvalue weighted by Crippen LogP contribution is 2.70. The van der Waals surface area contributed by atoms with E-state index < -0.39 is 0 Å². The molecule has 6 aromatic rings. The molecule has 0 aliphatic heterocycles. The Labute approximate surface area is 308 Å². The first-order valence-corrected chi connectivity index (χ1v) is 20.2. The number of anilines is 3. The molecule has 1 nitrogen and oxygen atoms in total. The van der Waals surface area contributed by atoms with Crippen molar-refractivity contribution >= 4 is 17.1 Å². The Morgan fingerprint density at radius 3 is 1.79 bits per heavy atom. The molecule has 7 aliphatic rings. The normalized spacial score (nSPS) is 26.4. The third-order valence-electron chi connectivity index (χ3n) is 15.0. The summed E-state index contributed by atoms with van der Waals surface area (Å²) in [5.74, 6) is 3.37. The van der Waals surface area contributed by atoms with Gasteiger partial charge < -0.3 is 4.90 Å². The number of benzene rings is 6. The van der Waals surface area contributed by atoms with Gasteiger partial charge in [-0.15, -0.1) is 0 Å². The molecule has 0 saturated heterocycles. The third-order valence-corrected chi connectivity index (χ3v) is 15.0. The van der Waals surface area contributed by atoms with Gasteiger partial charge in [0.05, 0.1) is 5.69 Å². The Bertz CT molecular complexity index is 2350. The number of rotatable bonds is 4. The van der Waals surface area contributed by atoms with Crippen LogP contribution in [0.1, 0.15) is 80.0 Å². The molecule has 0 aromatic heterocycles. The van der Waals surface area contributed by atoms with Crippen LogP contribution >= 0.6 is 0 Å². The summed E-state index contributed by atoms with van der Waals surface area (Å²) in [6.45, 7) is 0. The highest BCUT2D eigenvalue weighted by atomic mass is 15.1. The molecule has 6 aromatic carbocycles. The molecule has 13 rings (SSSR count). The van der Waals surface area contributed by atoms with Crippen molar-refractivity contribution in [2.75, 3.05) is 4.90 Å². The predicted octanol–water partition coefficient (Wildman–Crippen LogP) is 13.4. The molecule has 5 saturated carbocycles. The maximum atomic E-state index is 2.63. The van der Waals surface area contributed by atoms with Crippen molar-refractivity contribution in [3.63, 3.8) is 0 Å². The first kappa shape index (κ1) is 29.7. The summed E-state index contributed by atoms with van der Waals surface area (Å²) in [5, 5.41) is 0. The quantitative estimate of drug-likeness (QED) is 0.180. The number of nitrogens with zero attached hydrogens (tertiary/aromatic N) is 1. The van der Waals surface area contributed by atoms with Crippen molar-refractivity contribution in [1.82, 2.24) is 0 Å². The van der Waals surface area contributed by atoms with Gasteiger partial charge in [0.15, 0.2) is 0 Å². The van der Waals surface area contributed by atoms with Crippen LogP contribution < -0.4 is 4.90 Å². The van der Waals surface area contributed by atoms with Crippen molar-refractivity contribution in [2.45, 2.75) is 68.6 Å². The van der Waals surface area contributed by atoms with E-state index in [4.69, 9.17) is 0 Å². The molecule has 0 N–H and O–H groups in total. The van der Waals surface area contributed by atoms with E-state index in [0.717, 1.165) is 23.7 Å². The standard InChI is InChI=1S/C51H45N/c1-2-11-35(12-3-1)36-19-21-39(22-20-36)52(40-23-24-42-41-13-4-6-15-44(41)50(47(42)32-40)25-8-9-26-50)48-18-10-17-46-49(48)43-14-5-7-16-45(43)51(46)37-28-33-27-34(30-37)31-38(51)29-33/h1-7,10-24,32-34,37-38H,8-9,25-31H2. The molecule has 0 unspecified atom stereocenters. The molecule has 254 valence electrons. The van der Waals surface area contributed by atoms with Crippen LogP contribution in [0.2, 0.25) is 0 Å². The van der Waals surface area contributed by atoms with E-state index in [-0.39, 0.29) is 10.8 Å². The van der Waals surface area contributed by atoms with Crippen LogP contribution in [0.4, 0.5) is 17.1 Å². The van der Waals surface area contributed by atoms with Gasteiger partial charge in [0.25, 0.3) is 0 Å². The van der Waals surface area contributed by atoms with E-state index in [1.165, 1.54) is 108 Å². The second-order valence-electron chi connectivity index (χ2n) is 17.2. The minimum Gasteiger partial charge on any atom is -0.310 e. The van der Waals surface area contributed by atoms with Gasteiger partial charge in [0.1, 0.15) is 0 Å². The van der Waals surface area contributed by atoms with Crippen molar-refractivity contribution in [3.05, 3.63) is 162 Å². The predicted molar refractivity (Wildman–Crippen MR) is 215 cm³/mol. The fourth-order valence-corrected chi connectivity index (χ4v) is 13.3. The first-order chi connectivity index (χ1) is 25.7. The Hall–Kier alpha value is -4.88. The van der Waals surface area contributed by atoms with Gasteiger partial charge in [0, 0.05) is 27.8 Å². The van der Waals surface area contributed by atoms with Crippen LogP contribution in [0.5, 0.6) is 0 Å². The lowest BCUT2D eigenvalue weighted by atomic mass is 9.43. The summed E-state index contributed by atoms with van der Waals surface area (Å²) in [5.41, 5.74) is 18.8. The fraction of sp³-hybridized carbons (Fsp3) is 0.294. The molecule has 4 bridgehead atoms. The van der Waals surface area contributed by atoms with E-state index in [1.54, 1.807) is 22.3 Å². The zero-order valence-corrected chi connectivity index (χ0v) is 29.9. The zero-order chi connectivity index (χ0) is 34.0. The Kier molecular flexibility index (Phi) is 6.18. The molecule has 1 heteroatoms. The summed E-state index contributed by atoms with van der Waals surface area (Å²) >= 11 is 0. The largest absolute Gasteiger partial charge is 0.310 e. The van der Waals surface area contributed by atoms with Crippen molar-refractivity contribution in [3.8, 4) is 33.4 Å². The maximum Gasteiger partial charge on any atom is 0.0543 e. The van der Waals surface area contributed by atoms with Crippen LogP contribution in [-0.2, 0) is 10.8 Å². The smallest absolute Gasteiger partial charge is 0.0543 e. The van der Waals surface area contributed by atoms with Crippen LogP contribution in [0.15, 0.2) is 140 Å². The van der Waals surface area contributed by atoms with Crippen LogP contribution in [0, 0.1) is 23.7 Å². The van der Waals surface area contributed by atoms with Gasteiger partial charge in [-0.25, -0.2) is 0 Å². The van der Waals surface area contributed by atoms with Crippen molar-refractivity contribution in [1.29, 1.82) is 0 Å². The summed E-state index contributed by atoms with van der Waals surface area (Å²) in [4.78, 5) is 2.63. The number of hydrogen-bond donors (Lipinski definition) is 0. The Morgan fingerprint density at radius 2 is 1.04 bits per heavy atom. The lowest BCUT2D eigenvalue weighted by Gasteiger charge is -2.61. The molecule has 0 atom stereocenters. The van der Waals surface area contributed by atoms with E-state index in [2.05, 4.69) is 144 Å². The minimum atomic E-state index is 0.125. The molecule has 0 radical (unpaired) electrons. The van der Waals surface area contributed by atoms with Crippen molar-refractivity contribution in [2.24, 2.45) is 23.7 Å². The molecular weight excluding hydrogens is 627 g/mol. The van der Waals surface area contributed by atoms with Gasteiger partial charge in [-0.1, -0.05) is 122 Å². The number of fused-ring (bicyclic) bond motifs is 8. The van der Waals surface area contributed by atoms with E-state index in [9.17, 15) is 0 Å². The van der Waals surface area contributed by atoms with Gasteiger partial charge in [-0.2, -0.15) is 0 Å². The average Bonchev–Trinajstić information content (AvgIpc) is 3.88. The van der Waals surface area contributed by atoms with Gasteiger partial charge in [-0.05, 0) is 149 Å². The van der Waals surface area contributed by atoms with Crippen LogP contribution in [-0.4, -0.2) is 0 Å². The van der Waals surface area contributed by atoms with Gasteiger partial charge in [-0.3, -0.25) is 0 Å². The maximum absolute atomic E-state index is 2.63. The van der Waals surface area contributed by atoms with E-state index in [1.807, 2.05) is 0 Å². The average molecular weight is 672 g/mol. The highest BCUT2D eigenvalue weighted by Gasteiger charge is 2.62. The topological polar surface area (TPSA) is 3.24 Å². The zero-order valence-electron chi connectivity index (χ0n) is 29.9. The van der Waals surface area contributed by atoms with E-state index >= 15 is 0 Å². The van der Waals surface area contributed by atoms with Crippen molar-refractivity contribution < 1.29 is 0 Å². The van der Waals surface area contributed by atoms with Crippen LogP contribution in [0.3, 0.4) is 0 Å². The third kappa shape index (κ3) is 3.85. The molecule has 2 spiro atoms. The molecular formula is C51H45N. The lowest BCUT2D eigenvalue weighted by molar-refractivity contribution is -0.0399. The number of hydrogen-bond acceptors (Lipinski definition) is 1. The lowest BCUT2D eigenvalue weighted by Crippen LogP contribution is -2.55. The Balaban J connectivity index is 1.09. The molecule has 52 heavy (non-hydrogen) atoms. The second kappa shape index (κ2) is 10.8. The second-order valence-corrected chi connectivity index (χ2v) is 17.2. The molecule has 0 amide bonds. The van der Waals surface area contributed by atoms with Gasteiger partial charge in [0.2, 0.25) is 0 Å². The molecule has 7 aliphatic carbocycles. The minimum absolute atomic E-state index is 0.125. The highest BCUT2D eigenvalue weighted by molar-refractivity contribution is 5.96. The summed E-state index contributed by atoms with van der Waals surface area (Å²) in [7, 11) is 0. The molecule has 5 fully saturated rings. The van der Waals surface area contributed by atoms with E-state index in [0.29, 0.717) is 0 Å². The summed E-state index contributed by atoms with van der Waals surface area (Å²) < 4.78 is 0. The summed E-state index contributed by atoms with van der Waals surface area (Å²) in [6, 6.07) is 54.0. The monoisotopic (exact) mass is 671 g/mol. The van der Waals surface area contributed by atoms with Gasteiger partial charge >= 0.3 is 0 Å².